The number of carboxylic acids is 1. The van der Waals surface area contributed by atoms with Crippen molar-refractivity contribution in [2.75, 3.05) is 20.7 Å². The normalized spacial score (nSPS) is 26.0. The maximum absolute atomic E-state index is 14.4. The van der Waals surface area contributed by atoms with Crippen LogP contribution in [0.25, 0.3) is 22.2 Å². The molecule has 3 aromatic rings. The van der Waals surface area contributed by atoms with Crippen LogP contribution in [-0.4, -0.2) is 95.2 Å². The molecule has 2 aliphatic carbocycles. The topological polar surface area (TPSA) is 188 Å². The molecule has 308 valence electrons. The Balaban J connectivity index is 1.19. The molecule has 6 atom stereocenters. The first-order valence-corrected chi connectivity index (χ1v) is 20.6. The fourth-order valence-electron chi connectivity index (χ4n) is 8.78. The average Bonchev–Trinajstić information content (AvgIpc) is 3.78. The number of pyridine rings is 1. The molecule has 1 saturated heterocycles. The van der Waals surface area contributed by atoms with Gasteiger partial charge in [0.1, 0.15) is 41.3 Å². The Labute approximate surface area is 338 Å². The maximum atomic E-state index is 14.4. The molecular formula is C44H54N6O8. The molecule has 0 radical (unpaired) electrons. The Kier molecular flexibility index (Phi) is 12.5. The van der Waals surface area contributed by atoms with E-state index < -0.39 is 53.6 Å². The lowest BCUT2D eigenvalue weighted by Gasteiger charge is -2.32. The molecule has 3 heterocycles. The predicted octanol–water partition coefficient (Wildman–Crippen LogP) is 5.10. The smallest absolute Gasteiger partial charge is 0.330 e. The van der Waals surface area contributed by atoms with Crippen molar-refractivity contribution in [3.05, 3.63) is 66.7 Å². The Hall–Kier alpha value is -5.66. The van der Waals surface area contributed by atoms with Crippen LogP contribution in [0.15, 0.2) is 66.7 Å². The van der Waals surface area contributed by atoms with Crippen LogP contribution in [0.2, 0.25) is 0 Å². The van der Waals surface area contributed by atoms with Gasteiger partial charge in [-0.1, -0.05) is 74.6 Å². The molecular weight excluding hydrogens is 741 g/mol. The second-order valence-corrected chi connectivity index (χ2v) is 16.0. The van der Waals surface area contributed by atoms with Gasteiger partial charge in [-0.3, -0.25) is 14.4 Å². The van der Waals surface area contributed by atoms with Gasteiger partial charge in [0.25, 0.3) is 0 Å². The van der Waals surface area contributed by atoms with E-state index in [0.717, 1.165) is 50.5 Å². The number of allylic oxidation sites excluding steroid dienone is 1. The quantitative estimate of drug-likeness (QED) is 0.184. The molecule has 2 aromatic carbocycles. The Bertz CT molecular complexity index is 2040. The highest BCUT2D eigenvalue weighted by atomic mass is 16.5. The maximum Gasteiger partial charge on any atom is 0.330 e. The fraction of sp³-hybridized carbons (Fsp3) is 0.500. The van der Waals surface area contributed by atoms with Gasteiger partial charge in [0.05, 0.1) is 24.9 Å². The number of fused-ring (bicyclic) bond motifs is 3. The van der Waals surface area contributed by atoms with Crippen LogP contribution in [-0.2, 0) is 19.2 Å². The number of ether oxygens (including phenoxy) is 2. The number of aromatic nitrogens is 1. The first kappa shape index (κ1) is 40.5. The standard InChI is InChI=1S/C44H54N6O8/c1-45-41(53)38(28-16-10-7-11-17-28)48-39(51)33-19-13-5-3-4-12-18-29-25-44(29,42(54)55)49-40(52)36-23-31(26-50(36)43(56)47-33)58-37-24-34(27-14-8-6-9-15-27)46-35-22-30(57-2)20-21-32(35)37/h6,8-9,12,14-15,18,20-22,24,28-29,31,33,36,38H,3-5,7,10-11,13,16-17,19,23,25-26H2,1-2H3,(H,45,53)(H,47,56)(H,48,51)(H,49,52)(H,54,55)/t29-,31?,33+,36+,38+,44?/m1/s1. The summed E-state index contributed by atoms with van der Waals surface area (Å²) in [6, 6.07) is 13.5. The van der Waals surface area contributed by atoms with Crippen LogP contribution in [0.3, 0.4) is 0 Å². The molecule has 2 saturated carbocycles. The Morgan fingerprint density at radius 2 is 1.74 bits per heavy atom. The van der Waals surface area contributed by atoms with E-state index >= 15 is 0 Å². The summed E-state index contributed by atoms with van der Waals surface area (Å²) in [6.07, 6.45) is 11.4. The number of carbonyl (C=O) groups is 5. The molecule has 58 heavy (non-hydrogen) atoms. The van der Waals surface area contributed by atoms with E-state index in [-0.39, 0.29) is 37.1 Å². The Morgan fingerprint density at radius 1 is 0.983 bits per heavy atom. The molecule has 5 N–H and O–H groups in total. The van der Waals surface area contributed by atoms with Gasteiger partial charge in [-0.05, 0) is 56.6 Å². The van der Waals surface area contributed by atoms with Crippen LogP contribution >= 0.6 is 0 Å². The van der Waals surface area contributed by atoms with E-state index in [1.165, 1.54) is 4.90 Å². The number of hydrogen-bond acceptors (Lipinski definition) is 8. The Morgan fingerprint density at radius 3 is 2.48 bits per heavy atom. The summed E-state index contributed by atoms with van der Waals surface area (Å²) < 4.78 is 12.2. The summed E-state index contributed by atoms with van der Waals surface area (Å²) >= 11 is 0. The van der Waals surface area contributed by atoms with Crippen LogP contribution < -0.4 is 30.7 Å². The van der Waals surface area contributed by atoms with Crippen molar-refractivity contribution in [1.82, 2.24) is 31.2 Å². The zero-order chi connectivity index (χ0) is 40.8. The van der Waals surface area contributed by atoms with Gasteiger partial charge >= 0.3 is 12.0 Å². The van der Waals surface area contributed by atoms with E-state index in [1.54, 1.807) is 20.2 Å². The van der Waals surface area contributed by atoms with Crippen LogP contribution in [0.5, 0.6) is 11.5 Å². The van der Waals surface area contributed by atoms with Gasteiger partial charge in [0.15, 0.2) is 0 Å². The van der Waals surface area contributed by atoms with Crippen molar-refractivity contribution in [2.45, 2.75) is 107 Å². The zero-order valence-corrected chi connectivity index (χ0v) is 33.2. The fourth-order valence-corrected chi connectivity index (χ4v) is 8.78. The van der Waals surface area contributed by atoms with Crippen molar-refractivity contribution in [2.24, 2.45) is 11.8 Å². The lowest BCUT2D eigenvalue weighted by molar-refractivity contribution is -0.144. The first-order valence-electron chi connectivity index (χ1n) is 20.6. The van der Waals surface area contributed by atoms with Crippen molar-refractivity contribution in [3.8, 4) is 22.8 Å². The molecule has 1 aromatic heterocycles. The number of aliphatic carboxylic acids is 1. The molecule has 2 unspecified atom stereocenters. The number of hydrogen-bond donors (Lipinski definition) is 5. The largest absolute Gasteiger partial charge is 0.497 e. The third-order valence-electron chi connectivity index (χ3n) is 12.2. The van der Waals surface area contributed by atoms with E-state index in [4.69, 9.17) is 14.5 Å². The number of nitrogens with one attached hydrogen (secondary N) is 4. The minimum absolute atomic E-state index is 0.0172. The molecule has 2 aliphatic heterocycles. The summed E-state index contributed by atoms with van der Waals surface area (Å²) in [4.78, 5) is 74.7. The average molecular weight is 795 g/mol. The summed E-state index contributed by atoms with van der Waals surface area (Å²) in [7, 11) is 3.13. The monoisotopic (exact) mass is 794 g/mol. The second kappa shape index (κ2) is 17.9. The minimum Gasteiger partial charge on any atom is -0.497 e. The molecule has 3 fully saturated rings. The van der Waals surface area contributed by atoms with Crippen LogP contribution in [0.1, 0.15) is 77.0 Å². The van der Waals surface area contributed by atoms with Gasteiger partial charge in [-0.15, -0.1) is 0 Å². The number of urea groups is 1. The summed E-state index contributed by atoms with van der Waals surface area (Å²) in [5, 5.41) is 22.4. The lowest BCUT2D eigenvalue weighted by atomic mass is 9.83. The van der Waals surface area contributed by atoms with E-state index in [0.29, 0.717) is 47.4 Å². The number of carbonyl (C=O) groups excluding carboxylic acids is 4. The number of amides is 5. The zero-order valence-electron chi connectivity index (χ0n) is 33.2. The summed E-state index contributed by atoms with van der Waals surface area (Å²) in [6.45, 7) is -0.0226. The van der Waals surface area contributed by atoms with E-state index in [2.05, 4.69) is 21.3 Å². The number of nitrogens with zero attached hydrogens (tertiary/aromatic N) is 2. The molecule has 7 rings (SSSR count). The number of likely N-dealkylation sites (N-methyl/N-ethyl adjacent to an activating group) is 1. The van der Waals surface area contributed by atoms with Crippen molar-refractivity contribution >= 4 is 40.6 Å². The molecule has 14 heteroatoms. The highest BCUT2D eigenvalue weighted by Gasteiger charge is 2.61. The third-order valence-corrected chi connectivity index (χ3v) is 12.2. The molecule has 0 bridgehead atoms. The van der Waals surface area contributed by atoms with Gasteiger partial charge in [0, 0.05) is 42.5 Å². The molecule has 5 amide bonds. The van der Waals surface area contributed by atoms with Gasteiger partial charge in [0.2, 0.25) is 17.7 Å². The third kappa shape index (κ3) is 8.90. The SMILES string of the molecule is CNC(=O)[C@@H](NC(=O)[C@@H]1CCCCCC=C[C@@H]2CC2(C(=O)O)NC(=O)[C@@H]2CC(Oc3cc(-c4ccccc4)nc4cc(OC)ccc34)CN2C(=O)N1)C1CCCCC1. The van der Waals surface area contributed by atoms with Gasteiger partial charge in [-0.2, -0.15) is 0 Å². The van der Waals surface area contributed by atoms with Crippen molar-refractivity contribution < 1.29 is 38.6 Å². The number of benzene rings is 2. The number of rotatable bonds is 9. The predicted molar refractivity (Wildman–Crippen MR) is 217 cm³/mol. The molecule has 0 spiro atoms. The second-order valence-electron chi connectivity index (χ2n) is 16.0. The first-order chi connectivity index (χ1) is 28.1. The molecule has 4 aliphatic rings. The summed E-state index contributed by atoms with van der Waals surface area (Å²) in [5.74, 6) is -1.76. The van der Waals surface area contributed by atoms with E-state index in [9.17, 15) is 29.1 Å². The van der Waals surface area contributed by atoms with Crippen LogP contribution in [0, 0.1) is 11.8 Å². The number of methoxy groups -OCH3 is 1. The lowest BCUT2D eigenvalue weighted by Crippen LogP contribution is -2.59. The molecule has 14 nitrogen and oxygen atoms in total. The van der Waals surface area contributed by atoms with Crippen molar-refractivity contribution in [1.29, 1.82) is 0 Å². The van der Waals surface area contributed by atoms with Crippen LogP contribution in [0.4, 0.5) is 4.79 Å². The van der Waals surface area contributed by atoms with Gasteiger partial charge in [-0.25, -0.2) is 14.6 Å². The van der Waals surface area contributed by atoms with E-state index in [1.807, 2.05) is 60.7 Å². The highest BCUT2D eigenvalue weighted by Crippen LogP contribution is 2.45. The minimum atomic E-state index is -1.48. The van der Waals surface area contributed by atoms with Gasteiger partial charge < -0.3 is 40.7 Å². The summed E-state index contributed by atoms with van der Waals surface area (Å²) in [5.41, 5.74) is 0.670. The van der Waals surface area contributed by atoms with Crippen molar-refractivity contribution in [3.63, 3.8) is 0 Å². The number of carboxylic acid groups (broad SMARTS) is 1. The highest BCUT2D eigenvalue weighted by molar-refractivity contribution is 5.96.